The van der Waals surface area contributed by atoms with Gasteiger partial charge in [-0.15, -0.1) is 12.4 Å². The van der Waals surface area contributed by atoms with Crippen molar-refractivity contribution in [2.45, 2.75) is 52.7 Å². The van der Waals surface area contributed by atoms with Crippen molar-refractivity contribution in [2.24, 2.45) is 0 Å². The van der Waals surface area contributed by atoms with Crippen LogP contribution in [0.15, 0.2) is 0 Å². The molecule has 1 N–H and O–H groups in total. The maximum Gasteiger partial charge on any atom is 0.307 e. The van der Waals surface area contributed by atoms with Crippen LogP contribution in [0.4, 0.5) is 0 Å². The predicted molar refractivity (Wildman–Crippen MR) is 60.8 cm³/mol. The summed E-state index contributed by atoms with van der Waals surface area (Å²) in [7, 11) is 0. The van der Waals surface area contributed by atoms with Crippen LogP contribution in [0.3, 0.4) is 0 Å². The van der Waals surface area contributed by atoms with Crippen molar-refractivity contribution in [3.63, 3.8) is 0 Å². The first-order valence-electron chi connectivity index (χ1n) is 4.76. The molecule has 0 aromatic heterocycles. The maximum absolute atomic E-state index is 11.2. The lowest BCUT2D eigenvalue weighted by molar-refractivity contribution is -0.154. The van der Waals surface area contributed by atoms with Gasteiger partial charge in [0.15, 0.2) is 0 Å². The lowest BCUT2D eigenvalue weighted by Gasteiger charge is -2.19. The number of carbonyl (C=O) groups excluding carboxylic acids is 1. The number of carbonyl (C=O) groups is 1. The van der Waals surface area contributed by atoms with E-state index in [9.17, 15) is 4.79 Å². The first kappa shape index (κ1) is 16.2. The molecule has 0 aromatic carbocycles. The Morgan fingerprint density at radius 2 is 1.86 bits per heavy atom. The highest BCUT2D eigenvalue weighted by molar-refractivity contribution is 5.85. The standard InChI is InChI=1S/C10H21NO2.ClH/c1-8(2)11-7-6-9(12)13-10(3,4)5;/h8,11H,6-7H2,1-5H3;1H. The largest absolute Gasteiger partial charge is 0.460 e. The van der Waals surface area contributed by atoms with Crippen LogP contribution >= 0.6 is 12.4 Å². The molecular weight excluding hydrogens is 202 g/mol. The normalized spacial score (nSPS) is 11.0. The minimum atomic E-state index is -0.366. The van der Waals surface area contributed by atoms with Crippen LogP contribution < -0.4 is 5.32 Å². The number of rotatable bonds is 4. The van der Waals surface area contributed by atoms with Gasteiger partial charge in [-0.3, -0.25) is 4.79 Å². The van der Waals surface area contributed by atoms with E-state index in [1.165, 1.54) is 0 Å². The van der Waals surface area contributed by atoms with Gasteiger partial charge in [-0.25, -0.2) is 0 Å². The third kappa shape index (κ3) is 11.7. The molecule has 0 aromatic rings. The van der Waals surface area contributed by atoms with E-state index in [0.29, 0.717) is 19.0 Å². The number of halogens is 1. The van der Waals surface area contributed by atoms with E-state index in [1.54, 1.807) is 0 Å². The number of ether oxygens (including phenoxy) is 1. The lowest BCUT2D eigenvalue weighted by Crippen LogP contribution is -2.29. The molecule has 0 saturated heterocycles. The molecule has 3 nitrogen and oxygen atoms in total. The van der Waals surface area contributed by atoms with E-state index in [1.807, 2.05) is 20.8 Å². The van der Waals surface area contributed by atoms with Crippen LogP contribution in [0.2, 0.25) is 0 Å². The first-order chi connectivity index (χ1) is 5.81. The average molecular weight is 224 g/mol. The van der Waals surface area contributed by atoms with Gasteiger partial charge >= 0.3 is 5.97 Å². The van der Waals surface area contributed by atoms with Crippen molar-refractivity contribution in [1.29, 1.82) is 0 Å². The summed E-state index contributed by atoms with van der Waals surface area (Å²) >= 11 is 0. The quantitative estimate of drug-likeness (QED) is 0.743. The Balaban J connectivity index is 0. The third-order valence-electron chi connectivity index (χ3n) is 1.30. The maximum atomic E-state index is 11.2. The van der Waals surface area contributed by atoms with E-state index < -0.39 is 0 Å². The fourth-order valence-electron chi connectivity index (χ4n) is 0.855. The number of nitrogens with one attached hydrogen (secondary N) is 1. The number of hydrogen-bond donors (Lipinski definition) is 1. The lowest BCUT2D eigenvalue weighted by atomic mass is 10.2. The summed E-state index contributed by atoms with van der Waals surface area (Å²) in [6.45, 7) is 10.4. The van der Waals surface area contributed by atoms with Crippen molar-refractivity contribution in [3.8, 4) is 0 Å². The Labute approximate surface area is 93.0 Å². The molecule has 0 atom stereocenters. The second-order valence-corrected chi connectivity index (χ2v) is 4.45. The molecule has 0 amide bonds. The zero-order valence-corrected chi connectivity index (χ0v) is 10.5. The molecule has 0 saturated carbocycles. The Hall–Kier alpha value is -0.280. The Morgan fingerprint density at radius 3 is 2.21 bits per heavy atom. The summed E-state index contributed by atoms with van der Waals surface area (Å²) in [6.07, 6.45) is 0.440. The summed E-state index contributed by atoms with van der Waals surface area (Å²) in [6, 6.07) is 0.419. The zero-order chi connectivity index (χ0) is 10.5. The Morgan fingerprint density at radius 1 is 1.36 bits per heavy atom. The summed E-state index contributed by atoms with van der Waals surface area (Å²) < 4.78 is 5.14. The van der Waals surface area contributed by atoms with Gasteiger partial charge in [0, 0.05) is 12.6 Å². The van der Waals surface area contributed by atoms with E-state index in [0.717, 1.165) is 0 Å². The van der Waals surface area contributed by atoms with Crippen LogP contribution in [0, 0.1) is 0 Å². The van der Waals surface area contributed by atoms with Gasteiger partial charge in [0.2, 0.25) is 0 Å². The van der Waals surface area contributed by atoms with Crippen molar-refractivity contribution in [1.82, 2.24) is 5.32 Å². The molecular formula is C10H22ClNO2. The minimum absolute atomic E-state index is 0. The number of hydrogen-bond acceptors (Lipinski definition) is 3. The summed E-state index contributed by atoms with van der Waals surface area (Å²) in [5, 5.41) is 3.16. The summed E-state index contributed by atoms with van der Waals surface area (Å²) in [5.74, 6) is -0.138. The molecule has 14 heavy (non-hydrogen) atoms. The Kier molecular flexibility index (Phi) is 8.16. The molecule has 0 bridgehead atoms. The van der Waals surface area contributed by atoms with Crippen molar-refractivity contribution >= 4 is 18.4 Å². The summed E-state index contributed by atoms with van der Waals surface area (Å²) in [5.41, 5.74) is -0.366. The fraction of sp³-hybridized carbons (Fsp3) is 0.900. The number of esters is 1. The molecule has 0 fully saturated rings. The SMILES string of the molecule is CC(C)NCCC(=O)OC(C)(C)C.Cl. The molecule has 0 heterocycles. The van der Waals surface area contributed by atoms with E-state index in [2.05, 4.69) is 19.2 Å². The van der Waals surface area contributed by atoms with Crippen molar-refractivity contribution in [2.75, 3.05) is 6.54 Å². The Bertz CT molecular complexity index is 164. The van der Waals surface area contributed by atoms with Crippen LogP contribution in [-0.4, -0.2) is 24.2 Å². The molecule has 86 valence electrons. The van der Waals surface area contributed by atoms with Gasteiger partial charge in [0.05, 0.1) is 6.42 Å². The third-order valence-corrected chi connectivity index (χ3v) is 1.30. The van der Waals surface area contributed by atoms with Gasteiger partial charge in [-0.2, -0.15) is 0 Å². The minimum Gasteiger partial charge on any atom is -0.460 e. The van der Waals surface area contributed by atoms with Gasteiger partial charge in [0.25, 0.3) is 0 Å². The molecule has 0 radical (unpaired) electrons. The van der Waals surface area contributed by atoms with Crippen LogP contribution in [-0.2, 0) is 9.53 Å². The topological polar surface area (TPSA) is 38.3 Å². The van der Waals surface area contributed by atoms with Gasteiger partial charge in [-0.1, -0.05) is 13.8 Å². The molecule has 0 aliphatic rings. The van der Waals surface area contributed by atoms with Crippen molar-refractivity contribution in [3.05, 3.63) is 0 Å². The smallest absolute Gasteiger partial charge is 0.307 e. The van der Waals surface area contributed by atoms with E-state index in [4.69, 9.17) is 4.74 Å². The molecule has 4 heteroatoms. The first-order valence-corrected chi connectivity index (χ1v) is 4.76. The molecule has 0 spiro atoms. The zero-order valence-electron chi connectivity index (χ0n) is 9.72. The predicted octanol–water partition coefficient (Wildman–Crippen LogP) is 2.14. The highest BCUT2D eigenvalue weighted by Crippen LogP contribution is 2.07. The monoisotopic (exact) mass is 223 g/mol. The van der Waals surface area contributed by atoms with Gasteiger partial charge < -0.3 is 10.1 Å². The van der Waals surface area contributed by atoms with Crippen LogP contribution in [0.1, 0.15) is 41.0 Å². The van der Waals surface area contributed by atoms with Crippen LogP contribution in [0.25, 0.3) is 0 Å². The molecule has 0 aliphatic carbocycles. The highest BCUT2D eigenvalue weighted by Gasteiger charge is 2.15. The fourth-order valence-corrected chi connectivity index (χ4v) is 0.855. The van der Waals surface area contributed by atoms with Gasteiger partial charge in [0.1, 0.15) is 5.60 Å². The van der Waals surface area contributed by atoms with Crippen molar-refractivity contribution < 1.29 is 9.53 Å². The van der Waals surface area contributed by atoms with E-state index >= 15 is 0 Å². The van der Waals surface area contributed by atoms with E-state index in [-0.39, 0.29) is 24.0 Å². The van der Waals surface area contributed by atoms with Gasteiger partial charge in [-0.05, 0) is 20.8 Å². The second kappa shape index (κ2) is 7.07. The average Bonchev–Trinajstić information content (AvgIpc) is 1.81. The highest BCUT2D eigenvalue weighted by atomic mass is 35.5. The molecule has 0 aliphatic heterocycles. The second-order valence-electron chi connectivity index (χ2n) is 4.45. The molecule has 0 rings (SSSR count). The summed E-state index contributed by atoms with van der Waals surface area (Å²) in [4.78, 5) is 11.2. The molecule has 0 unspecified atom stereocenters. The van der Waals surface area contributed by atoms with Crippen LogP contribution in [0.5, 0.6) is 0 Å².